The quantitative estimate of drug-likeness (QED) is 0.790. The fourth-order valence-corrected chi connectivity index (χ4v) is 3.16. The number of rotatable bonds is 3. The maximum Gasteiger partial charge on any atom is 0.0975 e. The number of benzene rings is 1. The van der Waals surface area contributed by atoms with E-state index in [1.165, 1.54) is 5.56 Å². The molecule has 0 amide bonds. The van der Waals surface area contributed by atoms with Gasteiger partial charge in [-0.3, -0.25) is 5.32 Å². The molecule has 74 valence electrons. The van der Waals surface area contributed by atoms with Crippen LogP contribution >= 0.6 is 24.0 Å². The number of nitrogens with one attached hydrogen (secondary N) is 1. The topological polar surface area (TPSA) is 12.0 Å². The van der Waals surface area contributed by atoms with Gasteiger partial charge in [-0.2, -0.15) is 0 Å². The Kier molecular flexibility index (Phi) is 3.21. The second-order valence-electron chi connectivity index (χ2n) is 3.44. The van der Waals surface area contributed by atoms with Crippen LogP contribution in [0.25, 0.3) is 0 Å². The van der Waals surface area contributed by atoms with Gasteiger partial charge in [0.05, 0.1) is 4.87 Å². The van der Waals surface area contributed by atoms with Crippen molar-refractivity contribution in [2.24, 2.45) is 0 Å². The minimum absolute atomic E-state index is 0.00329. The molecule has 0 aliphatic carbocycles. The van der Waals surface area contributed by atoms with Crippen LogP contribution < -0.4 is 5.32 Å². The zero-order valence-corrected chi connectivity index (χ0v) is 9.53. The van der Waals surface area contributed by atoms with E-state index in [2.05, 4.69) is 29.6 Å². The minimum Gasteiger partial charge on any atom is -0.298 e. The first-order valence-electron chi connectivity index (χ1n) is 4.74. The normalized spacial score (nSPS) is 26.3. The summed E-state index contributed by atoms with van der Waals surface area (Å²) in [5.41, 5.74) is 1.34. The zero-order chi connectivity index (χ0) is 9.86. The molecule has 0 saturated carbocycles. The molecule has 1 aromatic rings. The first-order chi connectivity index (χ1) is 6.85. The summed E-state index contributed by atoms with van der Waals surface area (Å²) in [4.78, 5) is -0.00329. The smallest absolute Gasteiger partial charge is 0.0975 e. The molecule has 1 saturated heterocycles. The summed E-state index contributed by atoms with van der Waals surface area (Å²) in [6, 6.07) is 10.5. The first kappa shape index (κ1) is 10.1. The van der Waals surface area contributed by atoms with Gasteiger partial charge in [0.2, 0.25) is 0 Å². The standard InChI is InChI=1S/C11H13NS2/c13-9-11(12-6-7-14-11)8-10-4-2-1-3-5-10/h1-5,9,12H,6-8H2. The molecule has 0 spiro atoms. The van der Waals surface area contributed by atoms with Crippen molar-refractivity contribution in [1.82, 2.24) is 5.32 Å². The molecule has 1 fully saturated rings. The van der Waals surface area contributed by atoms with Crippen LogP contribution in [0.4, 0.5) is 0 Å². The average Bonchev–Trinajstić information content (AvgIpc) is 2.69. The molecular weight excluding hydrogens is 210 g/mol. The van der Waals surface area contributed by atoms with E-state index in [1.807, 2.05) is 23.2 Å². The molecule has 0 aromatic heterocycles. The van der Waals surface area contributed by atoms with E-state index in [9.17, 15) is 0 Å². The number of hydrogen-bond donors (Lipinski definition) is 1. The lowest BCUT2D eigenvalue weighted by Crippen LogP contribution is -2.40. The van der Waals surface area contributed by atoms with Gasteiger partial charge in [0.1, 0.15) is 0 Å². The van der Waals surface area contributed by atoms with Crippen molar-refractivity contribution in [2.45, 2.75) is 11.3 Å². The second-order valence-corrected chi connectivity index (χ2v) is 5.11. The van der Waals surface area contributed by atoms with Gasteiger partial charge in [0, 0.05) is 24.1 Å². The van der Waals surface area contributed by atoms with Gasteiger partial charge in [0.25, 0.3) is 0 Å². The second kappa shape index (κ2) is 4.43. The Morgan fingerprint density at radius 1 is 1.43 bits per heavy atom. The summed E-state index contributed by atoms with van der Waals surface area (Å²) in [7, 11) is 0. The summed E-state index contributed by atoms with van der Waals surface area (Å²) < 4.78 is 0. The van der Waals surface area contributed by atoms with Gasteiger partial charge < -0.3 is 0 Å². The Bertz CT molecular complexity index is 304. The Balaban J connectivity index is 2.12. The van der Waals surface area contributed by atoms with Crippen molar-refractivity contribution in [3.05, 3.63) is 35.9 Å². The van der Waals surface area contributed by atoms with Crippen molar-refractivity contribution in [2.75, 3.05) is 12.3 Å². The van der Waals surface area contributed by atoms with Crippen LogP contribution in [0.2, 0.25) is 0 Å². The van der Waals surface area contributed by atoms with Gasteiger partial charge in [-0.1, -0.05) is 42.5 Å². The SMILES string of the molecule is S=CC1(Cc2ccccc2)NCCS1. The summed E-state index contributed by atoms with van der Waals surface area (Å²) >= 11 is 7.03. The van der Waals surface area contributed by atoms with E-state index in [4.69, 9.17) is 12.2 Å². The number of thiocarbonyl (C=S) groups is 1. The molecule has 1 N–H and O–H groups in total. The highest BCUT2D eigenvalue weighted by Gasteiger charge is 2.31. The van der Waals surface area contributed by atoms with Gasteiger partial charge in [-0.15, -0.1) is 11.8 Å². The summed E-state index contributed by atoms with van der Waals surface area (Å²) in [6.07, 6.45) is 0.988. The van der Waals surface area contributed by atoms with Gasteiger partial charge in [-0.25, -0.2) is 0 Å². The van der Waals surface area contributed by atoms with Crippen LogP contribution in [0.5, 0.6) is 0 Å². The van der Waals surface area contributed by atoms with Crippen LogP contribution in [0, 0.1) is 0 Å². The molecule has 1 aliphatic rings. The molecular formula is C11H13NS2. The van der Waals surface area contributed by atoms with E-state index >= 15 is 0 Å². The van der Waals surface area contributed by atoms with Crippen molar-refractivity contribution in [3.63, 3.8) is 0 Å². The van der Waals surface area contributed by atoms with E-state index in [-0.39, 0.29) is 4.87 Å². The maximum absolute atomic E-state index is 5.11. The van der Waals surface area contributed by atoms with Gasteiger partial charge in [-0.05, 0) is 5.56 Å². The molecule has 0 radical (unpaired) electrons. The van der Waals surface area contributed by atoms with Crippen molar-refractivity contribution < 1.29 is 0 Å². The molecule has 1 heterocycles. The predicted molar refractivity (Wildman–Crippen MR) is 67.0 cm³/mol. The third-order valence-electron chi connectivity index (χ3n) is 2.39. The Labute approximate surface area is 94.3 Å². The lowest BCUT2D eigenvalue weighted by Gasteiger charge is -2.23. The van der Waals surface area contributed by atoms with Crippen LogP contribution in [-0.2, 0) is 6.42 Å². The van der Waals surface area contributed by atoms with E-state index < -0.39 is 0 Å². The minimum atomic E-state index is -0.00329. The molecule has 1 aromatic carbocycles. The van der Waals surface area contributed by atoms with Gasteiger partial charge >= 0.3 is 0 Å². The predicted octanol–water partition coefficient (Wildman–Crippen LogP) is 2.26. The molecule has 0 bridgehead atoms. The Morgan fingerprint density at radius 2 is 2.21 bits per heavy atom. The van der Waals surface area contributed by atoms with E-state index in [0.717, 1.165) is 18.7 Å². The lowest BCUT2D eigenvalue weighted by molar-refractivity contribution is 0.639. The first-order valence-corrected chi connectivity index (χ1v) is 6.20. The highest BCUT2D eigenvalue weighted by Crippen LogP contribution is 2.29. The third-order valence-corrected chi connectivity index (χ3v) is 4.27. The van der Waals surface area contributed by atoms with Crippen molar-refractivity contribution in [3.8, 4) is 0 Å². The molecule has 14 heavy (non-hydrogen) atoms. The zero-order valence-electron chi connectivity index (χ0n) is 7.90. The highest BCUT2D eigenvalue weighted by molar-refractivity contribution is 8.02. The largest absolute Gasteiger partial charge is 0.298 e. The summed E-state index contributed by atoms with van der Waals surface area (Å²) in [5.74, 6) is 1.15. The Hall–Kier alpha value is -0.380. The van der Waals surface area contributed by atoms with Gasteiger partial charge in [0.15, 0.2) is 0 Å². The van der Waals surface area contributed by atoms with E-state index in [0.29, 0.717) is 0 Å². The summed E-state index contributed by atoms with van der Waals surface area (Å²) in [5, 5.41) is 5.34. The molecule has 1 unspecified atom stereocenters. The monoisotopic (exact) mass is 223 g/mol. The molecule has 1 aliphatic heterocycles. The van der Waals surface area contributed by atoms with E-state index in [1.54, 1.807) is 0 Å². The lowest BCUT2D eigenvalue weighted by atomic mass is 10.1. The average molecular weight is 223 g/mol. The molecule has 3 heteroatoms. The fourth-order valence-electron chi connectivity index (χ4n) is 1.68. The van der Waals surface area contributed by atoms with Crippen LogP contribution in [0.1, 0.15) is 5.56 Å². The fraction of sp³-hybridized carbons (Fsp3) is 0.364. The third kappa shape index (κ3) is 2.16. The van der Waals surface area contributed by atoms with Crippen molar-refractivity contribution in [1.29, 1.82) is 0 Å². The summed E-state index contributed by atoms with van der Waals surface area (Å²) in [6.45, 7) is 1.06. The Morgan fingerprint density at radius 3 is 2.79 bits per heavy atom. The number of hydrogen-bond acceptors (Lipinski definition) is 3. The highest BCUT2D eigenvalue weighted by atomic mass is 32.2. The molecule has 2 rings (SSSR count). The van der Waals surface area contributed by atoms with Crippen molar-refractivity contribution >= 4 is 29.3 Å². The maximum atomic E-state index is 5.11. The van der Waals surface area contributed by atoms with Crippen LogP contribution in [0.15, 0.2) is 30.3 Å². The van der Waals surface area contributed by atoms with Crippen LogP contribution in [-0.4, -0.2) is 22.5 Å². The molecule has 1 atom stereocenters. The molecule has 1 nitrogen and oxygen atoms in total. The number of thioether (sulfide) groups is 1. The van der Waals surface area contributed by atoms with Crippen LogP contribution in [0.3, 0.4) is 0 Å².